The Bertz CT molecular complexity index is 909. The molecule has 0 saturated heterocycles. The Morgan fingerprint density at radius 1 is 1.13 bits per heavy atom. The summed E-state index contributed by atoms with van der Waals surface area (Å²) in [5, 5.41) is 12.9. The van der Waals surface area contributed by atoms with Crippen molar-refractivity contribution in [3.05, 3.63) is 35.7 Å². The third-order valence-corrected chi connectivity index (χ3v) is 5.35. The molecule has 2 N–H and O–H groups in total. The Kier molecular flexibility index (Phi) is 7.75. The fourth-order valence-electron chi connectivity index (χ4n) is 3.49. The topological polar surface area (TPSA) is 123 Å². The minimum atomic E-state index is -0.672. The van der Waals surface area contributed by atoms with Crippen LogP contribution in [0.4, 0.5) is 4.79 Å². The third-order valence-electron chi connectivity index (χ3n) is 5.35. The molecular weight excluding hydrogens is 400 g/mol. The van der Waals surface area contributed by atoms with Crippen LogP contribution in [0.15, 0.2) is 28.7 Å². The van der Waals surface area contributed by atoms with Crippen LogP contribution in [0.5, 0.6) is 0 Å². The Balaban J connectivity index is 1.35. The van der Waals surface area contributed by atoms with Gasteiger partial charge in [-0.3, -0.25) is 14.9 Å². The van der Waals surface area contributed by atoms with Gasteiger partial charge >= 0.3 is 12.0 Å². The minimum Gasteiger partial charge on any atom is -0.456 e. The molecule has 3 rings (SSSR count). The lowest BCUT2D eigenvalue weighted by molar-refractivity contribution is -0.148. The predicted octanol–water partition coefficient (Wildman–Crippen LogP) is 2.93. The molecular formula is C22H28N4O5. The van der Waals surface area contributed by atoms with Crippen molar-refractivity contribution in [2.45, 2.75) is 58.4 Å². The first kappa shape index (κ1) is 22.5. The second kappa shape index (κ2) is 10.7. The second-order valence-corrected chi connectivity index (χ2v) is 7.92. The molecule has 3 amide bonds. The van der Waals surface area contributed by atoms with Crippen LogP contribution >= 0.6 is 0 Å². The van der Waals surface area contributed by atoms with E-state index in [1.807, 2.05) is 31.2 Å². The Morgan fingerprint density at radius 3 is 2.61 bits per heavy atom. The van der Waals surface area contributed by atoms with Gasteiger partial charge in [-0.1, -0.05) is 37.5 Å². The van der Waals surface area contributed by atoms with Gasteiger partial charge in [-0.25, -0.2) is 4.79 Å². The van der Waals surface area contributed by atoms with Gasteiger partial charge in [0.1, 0.15) is 0 Å². The standard InChI is InChI=1S/C22H28N4O5/c1-14-7-9-16(10-8-14)21-26-25-19(31-21)11-12-20(28)30-13-18(27)24-22(29)23-17-6-4-3-5-15(17)2/h7-10,15,17H,3-6,11-13H2,1-2H3,(H2,23,24,27,29). The highest BCUT2D eigenvalue weighted by molar-refractivity contribution is 5.95. The maximum absolute atomic E-state index is 11.9. The summed E-state index contributed by atoms with van der Waals surface area (Å²) in [5.74, 6) is -0.206. The molecule has 9 nitrogen and oxygen atoms in total. The van der Waals surface area contributed by atoms with Crippen molar-refractivity contribution in [1.82, 2.24) is 20.8 Å². The van der Waals surface area contributed by atoms with Gasteiger partial charge in [0.2, 0.25) is 11.8 Å². The highest BCUT2D eigenvalue weighted by Crippen LogP contribution is 2.23. The van der Waals surface area contributed by atoms with Crippen LogP contribution in [0, 0.1) is 12.8 Å². The summed E-state index contributed by atoms with van der Waals surface area (Å²) >= 11 is 0. The van der Waals surface area contributed by atoms with E-state index in [0.29, 0.717) is 17.7 Å². The van der Waals surface area contributed by atoms with Crippen LogP contribution < -0.4 is 10.6 Å². The largest absolute Gasteiger partial charge is 0.456 e. The van der Waals surface area contributed by atoms with E-state index in [1.54, 1.807) is 0 Å². The summed E-state index contributed by atoms with van der Waals surface area (Å²) in [5.41, 5.74) is 1.92. The zero-order valence-corrected chi connectivity index (χ0v) is 17.8. The van der Waals surface area contributed by atoms with E-state index in [-0.39, 0.29) is 18.9 Å². The molecule has 31 heavy (non-hydrogen) atoms. The van der Waals surface area contributed by atoms with Crippen LogP contribution in [-0.2, 0) is 20.7 Å². The summed E-state index contributed by atoms with van der Waals surface area (Å²) in [7, 11) is 0. The van der Waals surface area contributed by atoms with Gasteiger partial charge in [0, 0.05) is 18.0 Å². The highest BCUT2D eigenvalue weighted by atomic mass is 16.5. The number of carbonyl (C=O) groups excluding carboxylic acids is 3. The summed E-state index contributed by atoms with van der Waals surface area (Å²) in [4.78, 5) is 35.7. The summed E-state index contributed by atoms with van der Waals surface area (Å²) in [6.07, 6.45) is 4.36. The van der Waals surface area contributed by atoms with Crippen molar-refractivity contribution in [2.75, 3.05) is 6.61 Å². The number of amides is 3. The van der Waals surface area contributed by atoms with Gasteiger partial charge < -0.3 is 14.5 Å². The number of imide groups is 1. The first-order valence-corrected chi connectivity index (χ1v) is 10.6. The van der Waals surface area contributed by atoms with Gasteiger partial charge in [0.05, 0.1) is 6.42 Å². The van der Waals surface area contributed by atoms with E-state index in [1.165, 1.54) is 0 Å². The van der Waals surface area contributed by atoms with Gasteiger partial charge in [-0.15, -0.1) is 10.2 Å². The van der Waals surface area contributed by atoms with Crippen LogP contribution in [0.3, 0.4) is 0 Å². The number of urea groups is 1. The number of hydrogen-bond acceptors (Lipinski definition) is 7. The van der Waals surface area contributed by atoms with E-state index >= 15 is 0 Å². The van der Waals surface area contributed by atoms with Crippen LogP contribution in [0.25, 0.3) is 11.5 Å². The lowest BCUT2D eigenvalue weighted by atomic mass is 9.86. The maximum Gasteiger partial charge on any atom is 0.321 e. The molecule has 2 unspecified atom stereocenters. The van der Waals surface area contributed by atoms with E-state index in [2.05, 4.69) is 27.8 Å². The first-order valence-electron chi connectivity index (χ1n) is 10.6. The van der Waals surface area contributed by atoms with Gasteiger partial charge in [-0.2, -0.15) is 0 Å². The van der Waals surface area contributed by atoms with Crippen molar-refractivity contribution < 1.29 is 23.5 Å². The first-order chi connectivity index (χ1) is 14.9. The van der Waals surface area contributed by atoms with Crippen LogP contribution in [0.1, 0.15) is 50.5 Å². The molecule has 1 fully saturated rings. The molecule has 1 heterocycles. The number of nitrogens with one attached hydrogen (secondary N) is 2. The molecule has 0 aliphatic heterocycles. The molecule has 2 aromatic rings. The number of hydrogen-bond donors (Lipinski definition) is 2. The Labute approximate surface area is 180 Å². The minimum absolute atomic E-state index is 0.0192. The van der Waals surface area contributed by atoms with Gasteiger partial charge in [-0.05, 0) is 37.8 Å². The number of carbonyl (C=O) groups is 3. The number of rotatable bonds is 7. The molecule has 9 heteroatoms. The number of esters is 1. The van der Waals surface area contributed by atoms with E-state index in [4.69, 9.17) is 9.15 Å². The zero-order chi connectivity index (χ0) is 22.2. The molecule has 0 bridgehead atoms. The fraction of sp³-hybridized carbons (Fsp3) is 0.500. The molecule has 1 aromatic carbocycles. The molecule has 1 aromatic heterocycles. The third kappa shape index (κ3) is 6.91. The van der Waals surface area contributed by atoms with Crippen molar-refractivity contribution in [2.24, 2.45) is 5.92 Å². The zero-order valence-electron chi connectivity index (χ0n) is 17.8. The number of aromatic nitrogens is 2. The molecule has 2 atom stereocenters. The highest BCUT2D eigenvalue weighted by Gasteiger charge is 2.23. The number of benzene rings is 1. The van der Waals surface area contributed by atoms with E-state index in [9.17, 15) is 14.4 Å². The molecule has 1 aliphatic rings. The van der Waals surface area contributed by atoms with Gasteiger partial charge in [0.25, 0.3) is 5.91 Å². The number of nitrogens with zero attached hydrogens (tertiary/aromatic N) is 2. The normalized spacial score (nSPS) is 18.3. The summed E-state index contributed by atoms with van der Waals surface area (Å²) in [6, 6.07) is 7.14. The van der Waals surface area contributed by atoms with Crippen LogP contribution in [-0.4, -0.2) is 40.8 Å². The fourth-order valence-corrected chi connectivity index (χ4v) is 3.49. The number of aryl methyl sites for hydroxylation is 2. The quantitative estimate of drug-likeness (QED) is 0.650. The van der Waals surface area contributed by atoms with Crippen molar-refractivity contribution >= 4 is 17.9 Å². The molecule has 166 valence electrons. The maximum atomic E-state index is 11.9. The second-order valence-electron chi connectivity index (χ2n) is 7.92. The monoisotopic (exact) mass is 428 g/mol. The molecule has 0 spiro atoms. The van der Waals surface area contributed by atoms with E-state index < -0.39 is 24.5 Å². The SMILES string of the molecule is Cc1ccc(-c2nnc(CCC(=O)OCC(=O)NC(=O)NC3CCCCC3C)o2)cc1. The Hall–Kier alpha value is -3.23. The average Bonchev–Trinajstić information content (AvgIpc) is 3.22. The predicted molar refractivity (Wildman–Crippen MR) is 112 cm³/mol. The molecule has 0 radical (unpaired) electrons. The smallest absolute Gasteiger partial charge is 0.321 e. The Morgan fingerprint density at radius 2 is 1.87 bits per heavy atom. The summed E-state index contributed by atoms with van der Waals surface area (Å²) in [6.45, 7) is 3.55. The molecule has 1 saturated carbocycles. The summed E-state index contributed by atoms with van der Waals surface area (Å²) < 4.78 is 10.5. The van der Waals surface area contributed by atoms with Crippen LogP contribution in [0.2, 0.25) is 0 Å². The average molecular weight is 428 g/mol. The molecule has 1 aliphatic carbocycles. The van der Waals surface area contributed by atoms with Crippen molar-refractivity contribution in [3.63, 3.8) is 0 Å². The van der Waals surface area contributed by atoms with Crippen molar-refractivity contribution in [1.29, 1.82) is 0 Å². The van der Waals surface area contributed by atoms with E-state index in [0.717, 1.165) is 36.8 Å². The lowest BCUT2D eigenvalue weighted by Crippen LogP contribution is -2.48. The van der Waals surface area contributed by atoms with Crippen molar-refractivity contribution in [3.8, 4) is 11.5 Å². The number of ether oxygens (including phenoxy) is 1. The van der Waals surface area contributed by atoms with Gasteiger partial charge in [0.15, 0.2) is 6.61 Å². The lowest BCUT2D eigenvalue weighted by Gasteiger charge is -2.29.